The molecule has 2 rings (SSSR count). The number of nitrogens with zero attached hydrogens (tertiary/aromatic N) is 1. The Morgan fingerprint density at radius 1 is 1.18 bits per heavy atom. The van der Waals surface area contributed by atoms with Crippen LogP contribution in [-0.4, -0.2) is 44.1 Å². The van der Waals surface area contributed by atoms with Gasteiger partial charge in [-0.1, -0.05) is 6.07 Å². The van der Waals surface area contributed by atoms with Crippen LogP contribution in [0.15, 0.2) is 46.8 Å². The second-order valence-corrected chi connectivity index (χ2v) is 7.06. The zero-order chi connectivity index (χ0) is 20.2. The van der Waals surface area contributed by atoms with E-state index in [1.54, 1.807) is 12.1 Å². The predicted octanol–water partition coefficient (Wildman–Crippen LogP) is 3.03. The molecule has 0 aliphatic heterocycles. The maximum absolute atomic E-state index is 12.9. The Hall–Kier alpha value is -2.61. The summed E-state index contributed by atoms with van der Waals surface area (Å²) < 4.78 is 18.7. The zero-order valence-electron chi connectivity index (χ0n) is 16.2. The number of nitrogens with one attached hydrogen (secondary N) is 3. The van der Waals surface area contributed by atoms with Crippen LogP contribution in [0.5, 0.6) is 5.75 Å². The second kappa shape index (κ2) is 12.0. The summed E-state index contributed by atoms with van der Waals surface area (Å²) in [7, 11) is 0. The SMILES string of the molecule is CCNC(=NCC(C)Oc1ccc(F)cc1)NCCCNC(=O)c1cccs1. The lowest BCUT2D eigenvalue weighted by molar-refractivity contribution is 0.0957. The lowest BCUT2D eigenvalue weighted by atomic mass is 10.3. The van der Waals surface area contributed by atoms with Gasteiger partial charge in [0.2, 0.25) is 0 Å². The van der Waals surface area contributed by atoms with Gasteiger partial charge in [0.25, 0.3) is 5.91 Å². The van der Waals surface area contributed by atoms with Crippen molar-refractivity contribution < 1.29 is 13.9 Å². The Morgan fingerprint density at radius 3 is 2.61 bits per heavy atom. The number of halogens is 1. The smallest absolute Gasteiger partial charge is 0.261 e. The number of hydrogen-bond donors (Lipinski definition) is 3. The largest absolute Gasteiger partial charge is 0.489 e. The summed E-state index contributed by atoms with van der Waals surface area (Å²) in [5, 5.41) is 11.2. The number of carbonyl (C=O) groups excluding carboxylic acids is 1. The molecule has 1 aromatic carbocycles. The van der Waals surface area contributed by atoms with Gasteiger partial charge in [-0.15, -0.1) is 11.3 Å². The van der Waals surface area contributed by atoms with Gasteiger partial charge in [-0.25, -0.2) is 9.38 Å². The van der Waals surface area contributed by atoms with E-state index >= 15 is 0 Å². The Morgan fingerprint density at radius 2 is 1.93 bits per heavy atom. The normalized spacial score (nSPS) is 12.3. The number of carbonyl (C=O) groups is 1. The van der Waals surface area contributed by atoms with E-state index in [-0.39, 0.29) is 17.8 Å². The van der Waals surface area contributed by atoms with Gasteiger partial charge in [0.1, 0.15) is 17.7 Å². The molecule has 0 aliphatic rings. The molecule has 0 aliphatic carbocycles. The summed E-state index contributed by atoms with van der Waals surface area (Å²) in [6, 6.07) is 9.61. The molecule has 0 bridgehead atoms. The third-order valence-corrected chi connectivity index (χ3v) is 4.55. The first-order valence-electron chi connectivity index (χ1n) is 9.34. The van der Waals surface area contributed by atoms with Crippen molar-refractivity contribution in [3.8, 4) is 5.75 Å². The summed E-state index contributed by atoms with van der Waals surface area (Å²) >= 11 is 1.43. The van der Waals surface area contributed by atoms with Crippen LogP contribution in [0.3, 0.4) is 0 Å². The van der Waals surface area contributed by atoms with E-state index in [0.29, 0.717) is 31.3 Å². The molecule has 1 unspecified atom stereocenters. The minimum Gasteiger partial charge on any atom is -0.489 e. The number of hydrogen-bond acceptors (Lipinski definition) is 4. The van der Waals surface area contributed by atoms with Gasteiger partial charge in [-0.2, -0.15) is 0 Å². The van der Waals surface area contributed by atoms with Gasteiger partial charge in [0.05, 0.1) is 11.4 Å². The number of amides is 1. The quantitative estimate of drug-likeness (QED) is 0.322. The van der Waals surface area contributed by atoms with Gasteiger partial charge in [0, 0.05) is 19.6 Å². The van der Waals surface area contributed by atoms with E-state index in [1.165, 1.54) is 23.5 Å². The molecule has 0 saturated heterocycles. The van der Waals surface area contributed by atoms with Crippen molar-refractivity contribution in [1.82, 2.24) is 16.0 Å². The van der Waals surface area contributed by atoms with Crippen molar-refractivity contribution in [2.75, 3.05) is 26.2 Å². The topological polar surface area (TPSA) is 74.8 Å². The number of thiophene rings is 1. The maximum Gasteiger partial charge on any atom is 0.261 e. The highest BCUT2D eigenvalue weighted by Crippen LogP contribution is 2.13. The molecule has 0 fully saturated rings. The van der Waals surface area contributed by atoms with Crippen LogP contribution < -0.4 is 20.7 Å². The van der Waals surface area contributed by atoms with Crippen LogP contribution in [0.1, 0.15) is 29.9 Å². The molecule has 8 heteroatoms. The third-order valence-electron chi connectivity index (χ3n) is 3.68. The molecule has 152 valence electrons. The van der Waals surface area contributed by atoms with Gasteiger partial charge in [-0.3, -0.25) is 4.79 Å². The predicted molar refractivity (Wildman–Crippen MR) is 112 cm³/mol. The first kappa shape index (κ1) is 21.7. The fraction of sp³-hybridized carbons (Fsp3) is 0.400. The highest BCUT2D eigenvalue weighted by molar-refractivity contribution is 7.12. The van der Waals surface area contributed by atoms with E-state index in [1.807, 2.05) is 31.4 Å². The molecule has 1 heterocycles. The van der Waals surface area contributed by atoms with Gasteiger partial charge in [-0.05, 0) is 56.0 Å². The molecule has 1 aromatic heterocycles. The van der Waals surface area contributed by atoms with E-state index in [0.717, 1.165) is 17.8 Å². The van der Waals surface area contributed by atoms with Crippen molar-refractivity contribution >= 4 is 23.2 Å². The summed E-state index contributed by atoms with van der Waals surface area (Å²) in [6.07, 6.45) is 0.634. The number of ether oxygens (including phenoxy) is 1. The van der Waals surface area contributed by atoms with Crippen LogP contribution in [0.4, 0.5) is 4.39 Å². The Bertz CT molecular complexity index is 735. The molecule has 28 heavy (non-hydrogen) atoms. The molecular weight excluding hydrogens is 379 g/mol. The fourth-order valence-corrected chi connectivity index (χ4v) is 2.98. The van der Waals surface area contributed by atoms with Crippen LogP contribution in [-0.2, 0) is 0 Å². The van der Waals surface area contributed by atoms with E-state index in [9.17, 15) is 9.18 Å². The van der Waals surface area contributed by atoms with Crippen molar-refractivity contribution in [3.05, 3.63) is 52.5 Å². The number of aliphatic imine (C=N–C) groups is 1. The molecule has 1 amide bonds. The van der Waals surface area contributed by atoms with Crippen molar-refractivity contribution in [3.63, 3.8) is 0 Å². The lowest BCUT2D eigenvalue weighted by Gasteiger charge is -2.15. The van der Waals surface area contributed by atoms with Crippen LogP contribution >= 0.6 is 11.3 Å². The van der Waals surface area contributed by atoms with Crippen LogP contribution in [0.2, 0.25) is 0 Å². The second-order valence-electron chi connectivity index (χ2n) is 6.12. The summed E-state index contributed by atoms with van der Waals surface area (Å²) in [5.41, 5.74) is 0. The van der Waals surface area contributed by atoms with Crippen molar-refractivity contribution in [1.29, 1.82) is 0 Å². The van der Waals surface area contributed by atoms with E-state index < -0.39 is 0 Å². The molecule has 1 atom stereocenters. The molecule has 0 saturated carbocycles. The average molecular weight is 407 g/mol. The van der Waals surface area contributed by atoms with Gasteiger partial charge in [0.15, 0.2) is 5.96 Å². The van der Waals surface area contributed by atoms with Crippen LogP contribution in [0, 0.1) is 5.82 Å². The molecule has 6 nitrogen and oxygen atoms in total. The number of rotatable bonds is 10. The van der Waals surface area contributed by atoms with Crippen molar-refractivity contribution in [2.24, 2.45) is 4.99 Å². The minimum absolute atomic E-state index is 0.0395. The monoisotopic (exact) mass is 406 g/mol. The fourth-order valence-electron chi connectivity index (χ4n) is 2.34. The minimum atomic E-state index is -0.289. The van der Waals surface area contributed by atoms with E-state index in [2.05, 4.69) is 20.9 Å². The summed E-state index contributed by atoms with van der Waals surface area (Å²) in [6.45, 7) is 6.39. The summed E-state index contributed by atoms with van der Waals surface area (Å²) in [4.78, 5) is 17.1. The first-order chi connectivity index (χ1) is 13.6. The molecule has 3 N–H and O–H groups in total. The Kier molecular flexibility index (Phi) is 9.27. The van der Waals surface area contributed by atoms with Gasteiger partial charge >= 0.3 is 0 Å². The maximum atomic E-state index is 12.9. The van der Waals surface area contributed by atoms with Crippen molar-refractivity contribution in [2.45, 2.75) is 26.4 Å². The molecule has 0 radical (unpaired) electrons. The standard InChI is InChI=1S/C20H27FN4O2S/c1-3-22-20(24-12-5-11-23-19(26)18-6-4-13-28-18)25-14-15(2)27-17-9-7-16(21)8-10-17/h4,6-10,13,15H,3,5,11-12,14H2,1-2H3,(H,23,26)(H2,22,24,25). The Balaban J connectivity index is 1.69. The average Bonchev–Trinajstić information content (AvgIpc) is 3.22. The zero-order valence-corrected chi connectivity index (χ0v) is 17.0. The first-order valence-corrected chi connectivity index (χ1v) is 10.2. The number of guanidine groups is 1. The third kappa shape index (κ3) is 7.96. The molecule has 0 spiro atoms. The highest BCUT2D eigenvalue weighted by atomic mass is 32.1. The van der Waals surface area contributed by atoms with Crippen LogP contribution in [0.25, 0.3) is 0 Å². The van der Waals surface area contributed by atoms with Gasteiger partial charge < -0.3 is 20.7 Å². The summed E-state index contributed by atoms with van der Waals surface area (Å²) in [5.74, 6) is 0.982. The molecule has 2 aromatic rings. The lowest BCUT2D eigenvalue weighted by Crippen LogP contribution is -2.39. The Labute approximate surface area is 169 Å². The highest BCUT2D eigenvalue weighted by Gasteiger charge is 2.06. The number of benzene rings is 1. The molecular formula is C20H27FN4O2S. The van der Waals surface area contributed by atoms with E-state index in [4.69, 9.17) is 4.74 Å².